The fourth-order valence-corrected chi connectivity index (χ4v) is 3.69. The molecule has 3 heteroatoms. The van der Waals surface area contributed by atoms with Gasteiger partial charge in [0.2, 0.25) is 0 Å². The third kappa shape index (κ3) is 2.95. The molecule has 1 saturated heterocycles. The van der Waals surface area contributed by atoms with Gasteiger partial charge < -0.3 is 14.6 Å². The van der Waals surface area contributed by atoms with Gasteiger partial charge in [-0.3, -0.25) is 0 Å². The predicted molar refractivity (Wildman–Crippen MR) is 82.6 cm³/mol. The molecule has 0 bridgehead atoms. The van der Waals surface area contributed by atoms with Crippen molar-refractivity contribution in [1.82, 2.24) is 0 Å². The molecule has 3 nitrogen and oxygen atoms in total. The maximum Gasteiger partial charge on any atom is 0.130 e. The lowest BCUT2D eigenvalue weighted by atomic mass is 9.89. The first-order chi connectivity index (χ1) is 9.77. The molecule has 2 aliphatic rings. The van der Waals surface area contributed by atoms with Crippen molar-refractivity contribution in [2.45, 2.75) is 76.8 Å². The lowest BCUT2D eigenvalue weighted by molar-refractivity contribution is -0.0846. The molecule has 1 aromatic carbocycles. The van der Waals surface area contributed by atoms with Crippen LogP contribution >= 0.6 is 0 Å². The van der Waals surface area contributed by atoms with Crippen LogP contribution in [-0.2, 0) is 11.2 Å². The molecule has 1 unspecified atom stereocenters. The van der Waals surface area contributed by atoms with Gasteiger partial charge in [0, 0.05) is 6.42 Å². The van der Waals surface area contributed by atoms with E-state index in [0.29, 0.717) is 0 Å². The fourth-order valence-electron chi connectivity index (χ4n) is 3.69. The SMILES string of the molecule is CC1(C)CC(Oc2ccc3c(c2)[C@@H](O)CCC3)C(C)(C)O1. The van der Waals surface area contributed by atoms with Gasteiger partial charge in [0.25, 0.3) is 0 Å². The van der Waals surface area contributed by atoms with E-state index < -0.39 is 0 Å². The van der Waals surface area contributed by atoms with Gasteiger partial charge in [-0.05, 0) is 70.2 Å². The largest absolute Gasteiger partial charge is 0.487 e. The molecule has 0 spiro atoms. The summed E-state index contributed by atoms with van der Waals surface area (Å²) in [6.07, 6.45) is 3.53. The van der Waals surface area contributed by atoms with Crippen LogP contribution in [0.3, 0.4) is 0 Å². The van der Waals surface area contributed by atoms with Gasteiger partial charge in [0.15, 0.2) is 0 Å². The number of aliphatic hydroxyl groups is 1. The molecule has 21 heavy (non-hydrogen) atoms. The summed E-state index contributed by atoms with van der Waals surface area (Å²) in [5, 5.41) is 10.2. The van der Waals surface area contributed by atoms with Crippen molar-refractivity contribution in [3.63, 3.8) is 0 Å². The Kier molecular flexibility index (Phi) is 3.53. The van der Waals surface area contributed by atoms with Crippen molar-refractivity contribution in [2.24, 2.45) is 0 Å². The highest BCUT2D eigenvalue weighted by Gasteiger charge is 2.47. The van der Waals surface area contributed by atoms with Crippen LogP contribution in [0.5, 0.6) is 5.75 Å². The quantitative estimate of drug-likeness (QED) is 0.901. The standard InChI is InChI=1S/C18H26O3/c1-17(2)11-16(18(3,4)21-17)20-13-9-8-12-6-5-7-15(19)14(12)10-13/h8-10,15-16,19H,5-7,11H2,1-4H3/t15-,16?/m0/s1. The smallest absolute Gasteiger partial charge is 0.130 e. The molecule has 1 aliphatic heterocycles. The van der Waals surface area contributed by atoms with Crippen LogP contribution < -0.4 is 4.74 Å². The van der Waals surface area contributed by atoms with Crippen LogP contribution in [0.25, 0.3) is 0 Å². The van der Waals surface area contributed by atoms with E-state index in [1.807, 2.05) is 12.1 Å². The van der Waals surface area contributed by atoms with Crippen molar-refractivity contribution in [3.05, 3.63) is 29.3 Å². The molecule has 2 atom stereocenters. The predicted octanol–water partition coefficient (Wildman–Crippen LogP) is 3.78. The van der Waals surface area contributed by atoms with Crippen molar-refractivity contribution in [2.75, 3.05) is 0 Å². The van der Waals surface area contributed by atoms with E-state index in [9.17, 15) is 5.11 Å². The van der Waals surface area contributed by atoms with Crippen LogP contribution in [0.2, 0.25) is 0 Å². The minimum atomic E-state index is -0.346. The number of hydrogen-bond donors (Lipinski definition) is 1. The van der Waals surface area contributed by atoms with Gasteiger partial charge in [-0.1, -0.05) is 6.07 Å². The molecule has 1 aromatic rings. The van der Waals surface area contributed by atoms with E-state index in [0.717, 1.165) is 37.0 Å². The number of rotatable bonds is 2. The normalized spacial score (nSPS) is 30.0. The van der Waals surface area contributed by atoms with Gasteiger partial charge in [-0.25, -0.2) is 0 Å². The second kappa shape index (κ2) is 4.99. The highest BCUT2D eigenvalue weighted by atomic mass is 16.6. The van der Waals surface area contributed by atoms with E-state index in [1.54, 1.807) is 0 Å². The van der Waals surface area contributed by atoms with Crippen LogP contribution in [0, 0.1) is 0 Å². The fraction of sp³-hybridized carbons (Fsp3) is 0.667. The van der Waals surface area contributed by atoms with Crippen LogP contribution in [-0.4, -0.2) is 22.4 Å². The number of aliphatic hydroxyl groups excluding tert-OH is 1. The molecule has 0 aromatic heterocycles. The molecule has 1 aliphatic carbocycles. The van der Waals surface area contributed by atoms with Crippen molar-refractivity contribution in [3.8, 4) is 5.75 Å². The zero-order chi connectivity index (χ0) is 15.3. The molecule has 1 fully saturated rings. The second-order valence-corrected chi connectivity index (χ2v) is 7.54. The van der Waals surface area contributed by atoms with Gasteiger partial charge in [0.1, 0.15) is 17.5 Å². The topological polar surface area (TPSA) is 38.7 Å². The Balaban J connectivity index is 1.81. The molecule has 3 rings (SSSR count). The van der Waals surface area contributed by atoms with Crippen molar-refractivity contribution >= 4 is 0 Å². The molecular formula is C18H26O3. The molecule has 116 valence electrons. The minimum absolute atomic E-state index is 0.0336. The summed E-state index contributed by atoms with van der Waals surface area (Å²) < 4.78 is 12.3. The summed E-state index contributed by atoms with van der Waals surface area (Å²) in [5.41, 5.74) is 1.85. The first-order valence-corrected chi connectivity index (χ1v) is 7.95. The van der Waals surface area contributed by atoms with E-state index in [1.165, 1.54) is 5.56 Å². The average molecular weight is 290 g/mol. The number of hydrogen-bond acceptors (Lipinski definition) is 3. The Hall–Kier alpha value is -1.06. The zero-order valence-corrected chi connectivity index (χ0v) is 13.5. The maximum absolute atomic E-state index is 10.2. The van der Waals surface area contributed by atoms with Crippen LogP contribution in [0.15, 0.2) is 18.2 Å². The van der Waals surface area contributed by atoms with E-state index in [2.05, 4.69) is 33.8 Å². The summed E-state index contributed by atoms with van der Waals surface area (Å²) in [7, 11) is 0. The summed E-state index contributed by atoms with van der Waals surface area (Å²) >= 11 is 0. The molecule has 0 saturated carbocycles. The average Bonchev–Trinajstić information content (AvgIpc) is 2.58. The first kappa shape index (κ1) is 14.9. The van der Waals surface area contributed by atoms with E-state index in [4.69, 9.17) is 9.47 Å². The molecule has 1 heterocycles. The lowest BCUT2D eigenvalue weighted by Gasteiger charge is -2.28. The summed E-state index contributed by atoms with van der Waals surface area (Å²) in [6.45, 7) is 8.38. The Morgan fingerprint density at radius 1 is 1.24 bits per heavy atom. The molecule has 0 amide bonds. The van der Waals surface area contributed by atoms with E-state index >= 15 is 0 Å². The molecule has 1 N–H and O–H groups in total. The lowest BCUT2D eigenvalue weighted by Crippen LogP contribution is -2.36. The van der Waals surface area contributed by atoms with E-state index in [-0.39, 0.29) is 23.4 Å². The second-order valence-electron chi connectivity index (χ2n) is 7.54. The van der Waals surface area contributed by atoms with Gasteiger partial charge in [0.05, 0.1) is 11.7 Å². The Labute approximate surface area is 127 Å². The third-order valence-electron chi connectivity index (χ3n) is 4.67. The van der Waals surface area contributed by atoms with Crippen LogP contribution in [0.1, 0.15) is 64.2 Å². The molecular weight excluding hydrogens is 264 g/mol. The third-order valence-corrected chi connectivity index (χ3v) is 4.67. The summed E-state index contributed by atoms with van der Waals surface area (Å²) in [6, 6.07) is 6.14. The number of ether oxygens (including phenoxy) is 2. The summed E-state index contributed by atoms with van der Waals surface area (Å²) in [4.78, 5) is 0. The minimum Gasteiger partial charge on any atom is -0.487 e. The monoisotopic (exact) mass is 290 g/mol. The first-order valence-electron chi connectivity index (χ1n) is 7.95. The van der Waals surface area contributed by atoms with Gasteiger partial charge >= 0.3 is 0 Å². The number of fused-ring (bicyclic) bond motifs is 1. The highest BCUT2D eigenvalue weighted by Crippen LogP contribution is 2.40. The van der Waals surface area contributed by atoms with Crippen molar-refractivity contribution < 1.29 is 14.6 Å². The van der Waals surface area contributed by atoms with Crippen LogP contribution in [0.4, 0.5) is 0 Å². The Bertz CT molecular complexity index is 533. The van der Waals surface area contributed by atoms with Crippen molar-refractivity contribution in [1.29, 1.82) is 0 Å². The maximum atomic E-state index is 10.2. The van der Waals surface area contributed by atoms with Gasteiger partial charge in [-0.2, -0.15) is 0 Å². The Morgan fingerprint density at radius 3 is 2.67 bits per heavy atom. The highest BCUT2D eigenvalue weighted by molar-refractivity contribution is 5.38. The number of aryl methyl sites for hydroxylation is 1. The zero-order valence-electron chi connectivity index (χ0n) is 13.5. The van der Waals surface area contributed by atoms with Gasteiger partial charge in [-0.15, -0.1) is 0 Å². The Morgan fingerprint density at radius 2 is 2.00 bits per heavy atom. The summed E-state index contributed by atoms with van der Waals surface area (Å²) in [5.74, 6) is 0.842. The molecule has 0 radical (unpaired) electrons. The number of benzene rings is 1.